The van der Waals surface area contributed by atoms with Crippen molar-refractivity contribution >= 4 is 17.7 Å². The fourth-order valence-corrected chi connectivity index (χ4v) is 3.45. The smallest absolute Gasteiger partial charge is 0.303 e. The summed E-state index contributed by atoms with van der Waals surface area (Å²) in [4.78, 5) is 35.0. The number of nitrogens with one attached hydrogen (secondary N) is 1. The Morgan fingerprint density at radius 3 is 1.95 bits per heavy atom. The van der Waals surface area contributed by atoms with E-state index in [9.17, 15) is 14.4 Å². The minimum absolute atomic E-state index is 0.0262. The molecule has 2 atom stereocenters. The van der Waals surface area contributed by atoms with Gasteiger partial charge in [-0.15, -0.1) is 0 Å². The summed E-state index contributed by atoms with van der Waals surface area (Å²) in [6.45, 7) is 0.642. The second-order valence-electron chi connectivity index (χ2n) is 9.30. The molecular formula is C28H40N2O8. The molecule has 10 heteroatoms. The molecule has 0 unspecified atom stereocenters. The van der Waals surface area contributed by atoms with Crippen molar-refractivity contribution in [3.8, 4) is 11.1 Å². The number of carboxylic acid groups (broad SMARTS) is 1. The zero-order chi connectivity index (χ0) is 28.6. The third-order valence-electron chi connectivity index (χ3n) is 5.89. The molecule has 0 fully saturated rings. The number of carbonyl (C=O) groups is 3. The number of carboxylic acids is 1. The van der Waals surface area contributed by atoms with Gasteiger partial charge in [0, 0.05) is 25.5 Å². The molecule has 10 nitrogen and oxygen atoms in total. The van der Waals surface area contributed by atoms with Crippen molar-refractivity contribution in [3.63, 3.8) is 0 Å². The molecule has 1 amide bonds. The van der Waals surface area contributed by atoms with Gasteiger partial charge in [0.1, 0.15) is 6.61 Å². The lowest BCUT2D eigenvalue weighted by atomic mass is 9.92. The average molecular weight is 533 g/mol. The number of ether oxygens (including phenoxy) is 1. The van der Waals surface area contributed by atoms with Gasteiger partial charge in [-0.3, -0.25) is 14.4 Å². The maximum Gasteiger partial charge on any atom is 0.303 e. The summed E-state index contributed by atoms with van der Waals surface area (Å²) in [6, 6.07) is 17.9. The first-order chi connectivity index (χ1) is 18.1. The van der Waals surface area contributed by atoms with E-state index in [0.29, 0.717) is 12.8 Å². The van der Waals surface area contributed by atoms with Crippen molar-refractivity contribution < 1.29 is 39.5 Å². The average Bonchev–Trinajstić information content (AvgIpc) is 2.92. The highest BCUT2D eigenvalue weighted by Crippen LogP contribution is 2.21. The number of amides is 1. The van der Waals surface area contributed by atoms with Gasteiger partial charge in [0.25, 0.3) is 0 Å². The molecule has 0 spiro atoms. The van der Waals surface area contributed by atoms with E-state index in [4.69, 9.17) is 30.9 Å². The molecule has 2 rings (SSSR count). The summed E-state index contributed by atoms with van der Waals surface area (Å²) < 4.78 is 4.92. The van der Waals surface area contributed by atoms with Crippen LogP contribution in [0.15, 0.2) is 54.6 Å². The summed E-state index contributed by atoms with van der Waals surface area (Å²) in [5.41, 5.74) is 7.20. The van der Waals surface area contributed by atoms with E-state index in [2.05, 4.69) is 5.32 Å². The largest absolute Gasteiger partial charge is 0.481 e. The number of methoxy groups -OCH3 is 1. The molecule has 0 aliphatic rings. The molecule has 0 saturated carbocycles. The van der Waals surface area contributed by atoms with Gasteiger partial charge in [-0.1, -0.05) is 61.5 Å². The summed E-state index contributed by atoms with van der Waals surface area (Å²) >= 11 is 0. The molecule has 0 heterocycles. The van der Waals surface area contributed by atoms with E-state index in [1.165, 1.54) is 7.11 Å². The van der Waals surface area contributed by atoms with Crippen molar-refractivity contribution in [2.45, 2.75) is 44.2 Å². The van der Waals surface area contributed by atoms with Crippen LogP contribution in [0.3, 0.4) is 0 Å². The van der Waals surface area contributed by atoms with Crippen LogP contribution in [0, 0.1) is 5.92 Å². The summed E-state index contributed by atoms with van der Waals surface area (Å²) in [6.07, 6.45) is 0.710. The van der Waals surface area contributed by atoms with Gasteiger partial charge in [-0.05, 0) is 29.5 Å². The SMILES string of the molecule is COCC(=O)[C@H](C)C[C@@H](Cc1ccc(-c2ccccc2)cc1)NC(=O)CCC(=O)O.NC(CO)(CO)CO. The van der Waals surface area contributed by atoms with Crippen LogP contribution in [0.1, 0.15) is 31.7 Å². The van der Waals surface area contributed by atoms with E-state index < -0.39 is 31.3 Å². The standard InChI is InChI=1S/C24H29NO5.C4H11NO3/c1-17(22(26)16-30-2)14-21(25-23(27)12-13-24(28)29)15-18-8-10-20(11-9-18)19-6-4-3-5-7-19;5-4(1-6,2-7)3-8/h3-11,17,21H,12-16H2,1-2H3,(H,25,27)(H,28,29);6-8H,1-3,5H2/t17-,21+;/m1./s1. The zero-order valence-electron chi connectivity index (χ0n) is 22.0. The second kappa shape index (κ2) is 17.4. The molecule has 0 aliphatic heterocycles. The number of hydrogen-bond acceptors (Lipinski definition) is 8. The van der Waals surface area contributed by atoms with Gasteiger partial charge >= 0.3 is 5.97 Å². The Morgan fingerprint density at radius 1 is 0.921 bits per heavy atom. The number of aliphatic hydroxyl groups is 3. The predicted molar refractivity (Wildman–Crippen MR) is 143 cm³/mol. The number of Topliss-reactive ketones (excluding diaryl/α,β-unsaturated/α-hetero) is 1. The van der Waals surface area contributed by atoms with Crippen LogP contribution in [0.4, 0.5) is 0 Å². The molecule has 0 bridgehead atoms. The minimum Gasteiger partial charge on any atom is -0.481 e. The van der Waals surface area contributed by atoms with E-state index >= 15 is 0 Å². The van der Waals surface area contributed by atoms with Crippen LogP contribution in [-0.2, 0) is 25.5 Å². The Bertz CT molecular complexity index is 970. The van der Waals surface area contributed by atoms with Crippen LogP contribution in [0.5, 0.6) is 0 Å². The predicted octanol–water partition coefficient (Wildman–Crippen LogP) is 1.15. The third-order valence-corrected chi connectivity index (χ3v) is 5.89. The molecule has 2 aromatic carbocycles. The maximum absolute atomic E-state index is 12.2. The lowest BCUT2D eigenvalue weighted by Crippen LogP contribution is -2.50. The fraction of sp³-hybridized carbons (Fsp3) is 0.464. The second-order valence-corrected chi connectivity index (χ2v) is 9.30. The van der Waals surface area contributed by atoms with E-state index in [0.717, 1.165) is 16.7 Å². The highest BCUT2D eigenvalue weighted by molar-refractivity contribution is 5.82. The number of hydrogen-bond donors (Lipinski definition) is 6. The fourth-order valence-electron chi connectivity index (χ4n) is 3.45. The van der Waals surface area contributed by atoms with E-state index in [1.807, 2.05) is 61.5 Å². The molecule has 38 heavy (non-hydrogen) atoms. The Hall–Kier alpha value is -3.15. The Morgan fingerprint density at radius 2 is 1.47 bits per heavy atom. The number of aliphatic hydroxyl groups excluding tert-OH is 3. The molecule has 2 aromatic rings. The lowest BCUT2D eigenvalue weighted by molar-refractivity contribution is -0.138. The highest BCUT2D eigenvalue weighted by Gasteiger charge is 2.22. The first kappa shape index (κ1) is 32.9. The lowest BCUT2D eigenvalue weighted by Gasteiger charge is -2.22. The van der Waals surface area contributed by atoms with Crippen molar-refractivity contribution in [1.82, 2.24) is 5.32 Å². The molecule has 0 saturated heterocycles. The summed E-state index contributed by atoms with van der Waals surface area (Å²) in [5.74, 6) is -1.64. The number of rotatable bonds is 15. The Labute approximate surface area is 223 Å². The first-order valence-corrected chi connectivity index (χ1v) is 12.4. The van der Waals surface area contributed by atoms with Gasteiger partial charge in [0.05, 0.1) is 31.8 Å². The number of nitrogens with two attached hydrogens (primary N) is 1. The minimum atomic E-state index is -1.21. The molecule has 210 valence electrons. The monoisotopic (exact) mass is 532 g/mol. The molecule has 0 radical (unpaired) electrons. The third kappa shape index (κ3) is 12.4. The Balaban J connectivity index is 0.000000781. The normalized spacial score (nSPS) is 12.6. The summed E-state index contributed by atoms with van der Waals surface area (Å²) in [7, 11) is 1.48. The van der Waals surface area contributed by atoms with Crippen LogP contribution < -0.4 is 11.1 Å². The van der Waals surface area contributed by atoms with Crippen LogP contribution >= 0.6 is 0 Å². The zero-order valence-corrected chi connectivity index (χ0v) is 22.0. The van der Waals surface area contributed by atoms with Gasteiger partial charge in [0.2, 0.25) is 5.91 Å². The number of aliphatic carboxylic acids is 1. The molecule has 0 aliphatic carbocycles. The Kier molecular flexibility index (Phi) is 15.0. The highest BCUT2D eigenvalue weighted by atomic mass is 16.5. The topological polar surface area (TPSA) is 179 Å². The maximum atomic E-state index is 12.2. The van der Waals surface area contributed by atoms with E-state index in [1.54, 1.807) is 0 Å². The quantitative estimate of drug-likeness (QED) is 0.196. The number of carbonyl (C=O) groups excluding carboxylic acids is 2. The van der Waals surface area contributed by atoms with Crippen molar-refractivity contribution in [2.24, 2.45) is 11.7 Å². The molecular weight excluding hydrogens is 492 g/mol. The van der Waals surface area contributed by atoms with Crippen molar-refractivity contribution in [3.05, 3.63) is 60.2 Å². The van der Waals surface area contributed by atoms with Gasteiger partial charge in [0.15, 0.2) is 5.78 Å². The molecule has 0 aromatic heterocycles. The van der Waals surface area contributed by atoms with Gasteiger partial charge < -0.3 is 36.2 Å². The van der Waals surface area contributed by atoms with Gasteiger partial charge in [-0.25, -0.2) is 0 Å². The van der Waals surface area contributed by atoms with Gasteiger partial charge in [-0.2, -0.15) is 0 Å². The first-order valence-electron chi connectivity index (χ1n) is 12.4. The van der Waals surface area contributed by atoms with Crippen LogP contribution in [0.25, 0.3) is 11.1 Å². The number of benzene rings is 2. The summed E-state index contributed by atoms with van der Waals surface area (Å²) in [5, 5.41) is 36.7. The van der Waals surface area contributed by atoms with Crippen LogP contribution in [-0.4, -0.2) is 83.2 Å². The van der Waals surface area contributed by atoms with Crippen molar-refractivity contribution in [1.29, 1.82) is 0 Å². The molecule has 7 N–H and O–H groups in total. The van der Waals surface area contributed by atoms with Crippen molar-refractivity contribution in [2.75, 3.05) is 33.5 Å². The van der Waals surface area contributed by atoms with Crippen LogP contribution in [0.2, 0.25) is 0 Å². The van der Waals surface area contributed by atoms with E-state index in [-0.39, 0.29) is 43.1 Å². The number of ketones is 1.